The Morgan fingerprint density at radius 2 is 1.68 bits per heavy atom. The van der Waals surface area contributed by atoms with Crippen LogP contribution in [0, 0.1) is 5.41 Å². The average Bonchev–Trinajstić information content (AvgIpc) is 2.92. The lowest BCUT2D eigenvalue weighted by Gasteiger charge is -2.42. The van der Waals surface area contributed by atoms with Crippen molar-refractivity contribution in [2.24, 2.45) is 9.81 Å². The SMILES string of the molecule is CC(C)(C)CCC1(NCc2ccccc2O)C(=O)C(C2=NS(O)(O)c3cc(NS(C)(=O)=O)ccc3N2)=C(O)c2ccccc21. The molecule has 0 fully saturated rings. The number of phenols is 1. The van der Waals surface area contributed by atoms with Gasteiger partial charge in [0.25, 0.3) is 0 Å². The first-order chi connectivity index (χ1) is 20.5. The highest BCUT2D eigenvalue weighted by Gasteiger charge is 2.50. The summed E-state index contributed by atoms with van der Waals surface area (Å²) < 4.78 is 52.1. The van der Waals surface area contributed by atoms with Crippen LogP contribution in [-0.4, -0.2) is 45.6 Å². The molecule has 0 amide bonds. The van der Waals surface area contributed by atoms with Crippen LogP contribution in [0.15, 0.2) is 81.6 Å². The maximum absolute atomic E-state index is 14.8. The number of nitrogens with zero attached hydrogens (tertiary/aromatic N) is 1. The third kappa shape index (κ3) is 6.19. The smallest absolute Gasteiger partial charge is 0.229 e. The molecule has 1 heterocycles. The molecule has 11 nitrogen and oxygen atoms in total. The van der Waals surface area contributed by atoms with Gasteiger partial charge < -0.3 is 15.5 Å². The summed E-state index contributed by atoms with van der Waals surface area (Å²) >= 11 is 0. The van der Waals surface area contributed by atoms with Crippen molar-refractivity contribution < 1.29 is 32.5 Å². The van der Waals surface area contributed by atoms with Crippen LogP contribution in [0.3, 0.4) is 0 Å². The van der Waals surface area contributed by atoms with E-state index in [1.165, 1.54) is 18.2 Å². The van der Waals surface area contributed by atoms with E-state index in [-0.39, 0.29) is 51.1 Å². The molecule has 5 rings (SSSR count). The Kier molecular flexibility index (Phi) is 8.06. The zero-order chi connectivity index (χ0) is 32.1. The van der Waals surface area contributed by atoms with Crippen LogP contribution in [-0.2, 0) is 26.9 Å². The Hall–Kier alpha value is -3.88. The maximum Gasteiger partial charge on any atom is 0.229 e. The first-order valence-electron chi connectivity index (χ1n) is 13.9. The van der Waals surface area contributed by atoms with E-state index < -0.39 is 32.1 Å². The van der Waals surface area contributed by atoms with Gasteiger partial charge in [0.1, 0.15) is 27.5 Å². The number of hydrogen-bond donors (Lipinski definition) is 7. The number of carbonyl (C=O) groups excluding carboxylic acids is 1. The Morgan fingerprint density at radius 3 is 2.36 bits per heavy atom. The molecule has 234 valence electrons. The third-order valence-electron chi connectivity index (χ3n) is 7.60. The minimum Gasteiger partial charge on any atom is -0.508 e. The Labute approximate surface area is 258 Å². The molecule has 0 radical (unpaired) electrons. The van der Waals surface area contributed by atoms with Crippen molar-refractivity contribution in [1.82, 2.24) is 5.32 Å². The zero-order valence-corrected chi connectivity index (χ0v) is 26.4. The van der Waals surface area contributed by atoms with E-state index in [1.807, 2.05) is 0 Å². The number of fused-ring (bicyclic) bond motifs is 2. The minimum absolute atomic E-state index is 0.0646. The van der Waals surface area contributed by atoms with Crippen LogP contribution in [0.4, 0.5) is 11.4 Å². The van der Waals surface area contributed by atoms with E-state index in [1.54, 1.807) is 48.5 Å². The maximum atomic E-state index is 14.8. The van der Waals surface area contributed by atoms with E-state index in [2.05, 4.69) is 40.5 Å². The molecule has 2 aliphatic rings. The predicted molar refractivity (Wildman–Crippen MR) is 173 cm³/mol. The number of aliphatic hydroxyl groups excluding tert-OH is 1. The molecule has 0 spiro atoms. The molecule has 0 saturated heterocycles. The molecule has 1 atom stereocenters. The summed E-state index contributed by atoms with van der Waals surface area (Å²) in [5.74, 6) is -1.08. The van der Waals surface area contributed by atoms with Gasteiger partial charge >= 0.3 is 0 Å². The van der Waals surface area contributed by atoms with Crippen LogP contribution in [0.2, 0.25) is 0 Å². The molecule has 0 bridgehead atoms. The van der Waals surface area contributed by atoms with E-state index in [9.17, 15) is 32.5 Å². The number of ketones is 1. The minimum atomic E-state index is -3.94. The Bertz CT molecular complexity index is 1810. The fraction of sp³-hybridized carbons (Fsp3) is 0.290. The number of benzene rings is 3. The van der Waals surface area contributed by atoms with Gasteiger partial charge in [-0.3, -0.25) is 23.9 Å². The molecule has 1 aliphatic heterocycles. The largest absolute Gasteiger partial charge is 0.508 e. The number of nitrogens with one attached hydrogen (secondary N) is 3. The average molecular weight is 641 g/mol. The summed E-state index contributed by atoms with van der Waals surface area (Å²) in [6.07, 6.45) is 1.89. The normalized spacial score (nSPS) is 20.2. The molecule has 7 N–H and O–H groups in total. The Morgan fingerprint density at radius 1 is 1.00 bits per heavy atom. The number of aliphatic hydroxyl groups is 1. The number of rotatable bonds is 8. The highest BCUT2D eigenvalue weighted by Crippen LogP contribution is 2.57. The number of carbonyl (C=O) groups is 1. The van der Waals surface area contributed by atoms with Crippen LogP contribution in [0.25, 0.3) is 5.76 Å². The van der Waals surface area contributed by atoms with Gasteiger partial charge in [0.2, 0.25) is 10.0 Å². The van der Waals surface area contributed by atoms with E-state index in [0.29, 0.717) is 29.5 Å². The van der Waals surface area contributed by atoms with E-state index in [4.69, 9.17) is 0 Å². The predicted octanol–water partition coefficient (Wildman–Crippen LogP) is 5.98. The summed E-state index contributed by atoms with van der Waals surface area (Å²) in [5.41, 5.74) is -0.00546. The molecular weight excluding hydrogens is 604 g/mol. The number of sulfonamides is 1. The van der Waals surface area contributed by atoms with Gasteiger partial charge in [-0.15, -0.1) is 4.40 Å². The summed E-state index contributed by atoms with van der Waals surface area (Å²) in [6, 6.07) is 17.9. The van der Waals surface area contributed by atoms with Crippen molar-refractivity contribution in [1.29, 1.82) is 0 Å². The van der Waals surface area contributed by atoms with Crippen LogP contribution in [0.5, 0.6) is 5.75 Å². The lowest BCUT2D eigenvalue weighted by atomic mass is 9.69. The first-order valence-corrected chi connectivity index (χ1v) is 17.3. The fourth-order valence-corrected chi connectivity index (χ4v) is 7.15. The summed E-state index contributed by atoms with van der Waals surface area (Å²) in [5, 5.41) is 28.4. The second-order valence-corrected chi connectivity index (χ2v) is 15.6. The van der Waals surface area contributed by atoms with Gasteiger partial charge in [0.15, 0.2) is 11.6 Å². The standard InChI is InChI=1S/C31H36N4O7S2/c1-30(2,3)15-16-31(32-18-19-9-5-8-12-24(19)36)22-11-7-6-10-21(22)27(37)26(28(31)38)29-33-23-14-13-20(34-43(4,39)40)17-25(23)44(41,42)35-29/h5-14,17,32,34,36-37,41-42H,15-16,18H2,1-4H3,(H,33,35). The van der Waals surface area contributed by atoms with Crippen LogP contribution >= 0.6 is 10.8 Å². The van der Waals surface area contributed by atoms with Gasteiger partial charge in [0, 0.05) is 17.7 Å². The molecular formula is C31H36N4O7S2. The fourth-order valence-electron chi connectivity index (χ4n) is 5.41. The first kappa shape index (κ1) is 31.5. The van der Waals surface area contributed by atoms with Gasteiger partial charge in [-0.05, 0) is 48.1 Å². The van der Waals surface area contributed by atoms with Crippen molar-refractivity contribution in [3.8, 4) is 5.75 Å². The summed E-state index contributed by atoms with van der Waals surface area (Å²) in [6.45, 7) is 6.30. The number of amidine groups is 1. The zero-order valence-electron chi connectivity index (χ0n) is 24.7. The topological polar surface area (TPSA) is 181 Å². The molecule has 44 heavy (non-hydrogen) atoms. The van der Waals surface area contributed by atoms with Gasteiger partial charge in [-0.25, -0.2) is 8.42 Å². The van der Waals surface area contributed by atoms with Crippen LogP contribution < -0.4 is 15.4 Å². The Balaban J connectivity index is 1.64. The second-order valence-electron chi connectivity index (χ2n) is 12.2. The third-order valence-corrected chi connectivity index (χ3v) is 9.58. The number of hydrogen-bond acceptors (Lipinski definition) is 10. The number of para-hydroxylation sites is 1. The number of aromatic hydroxyl groups is 1. The quantitative estimate of drug-likeness (QED) is 0.156. The van der Waals surface area contributed by atoms with Crippen molar-refractivity contribution >= 4 is 49.6 Å². The lowest BCUT2D eigenvalue weighted by molar-refractivity contribution is -0.122. The number of Topliss-reactive ketones (excluding diaryl/α,β-unsaturated/α-hetero) is 1. The molecule has 1 aliphatic carbocycles. The van der Waals surface area contributed by atoms with E-state index in [0.717, 1.165) is 6.26 Å². The molecule has 3 aromatic carbocycles. The van der Waals surface area contributed by atoms with Gasteiger partial charge in [-0.1, -0.05) is 74.0 Å². The molecule has 0 saturated carbocycles. The molecule has 13 heteroatoms. The summed E-state index contributed by atoms with van der Waals surface area (Å²) in [4.78, 5) is 14.7. The summed E-state index contributed by atoms with van der Waals surface area (Å²) in [7, 11) is -7.57. The van der Waals surface area contributed by atoms with E-state index >= 15 is 0 Å². The monoisotopic (exact) mass is 640 g/mol. The highest BCUT2D eigenvalue weighted by molar-refractivity contribution is 8.23. The van der Waals surface area contributed by atoms with Crippen molar-refractivity contribution in [2.45, 2.75) is 50.6 Å². The van der Waals surface area contributed by atoms with Gasteiger partial charge in [0.05, 0.1) is 17.6 Å². The van der Waals surface area contributed by atoms with Crippen molar-refractivity contribution in [3.05, 3.63) is 89.0 Å². The van der Waals surface area contributed by atoms with Crippen molar-refractivity contribution in [2.75, 3.05) is 16.3 Å². The van der Waals surface area contributed by atoms with Gasteiger partial charge in [-0.2, -0.15) is 0 Å². The number of phenolic OH excluding ortho intramolecular Hbond substituents is 1. The van der Waals surface area contributed by atoms with Crippen LogP contribution in [0.1, 0.15) is 50.3 Å². The molecule has 1 unspecified atom stereocenters. The lowest BCUT2D eigenvalue weighted by Crippen LogP contribution is -2.53. The molecule has 3 aromatic rings. The van der Waals surface area contributed by atoms with Crippen molar-refractivity contribution in [3.63, 3.8) is 0 Å². The highest BCUT2D eigenvalue weighted by atomic mass is 32.3. The number of anilines is 2. The second kappa shape index (κ2) is 11.2. The molecule has 0 aromatic heterocycles.